The molecule has 1 saturated carbocycles. The molecule has 2 rings (SSSR count). The lowest BCUT2D eigenvalue weighted by Crippen LogP contribution is -2.32. The van der Waals surface area contributed by atoms with E-state index < -0.39 is 0 Å². The van der Waals surface area contributed by atoms with E-state index in [9.17, 15) is 9.90 Å². The van der Waals surface area contributed by atoms with Gasteiger partial charge in [-0.3, -0.25) is 4.79 Å². The molecule has 2 atom stereocenters. The molecule has 0 saturated heterocycles. The third-order valence-corrected chi connectivity index (χ3v) is 3.75. The van der Waals surface area contributed by atoms with Crippen molar-refractivity contribution in [3.05, 3.63) is 21.6 Å². The second kappa shape index (κ2) is 6.09. The molecule has 1 fully saturated rings. The minimum Gasteiger partial charge on any atom is -0.396 e. The standard InChI is InChI=1S/C13H16ClN3O2/c1-2-6-17-13(19)12(10(14)7-15-17)16-11-5-3-4-9(11)8-18/h1,7,9,11,16,18H,3-6,8H2. The summed E-state index contributed by atoms with van der Waals surface area (Å²) < 4.78 is 1.19. The minimum absolute atomic E-state index is 0.0666. The van der Waals surface area contributed by atoms with Crippen molar-refractivity contribution in [3.63, 3.8) is 0 Å². The zero-order valence-electron chi connectivity index (χ0n) is 10.5. The van der Waals surface area contributed by atoms with E-state index in [0.29, 0.717) is 5.69 Å². The Balaban J connectivity index is 2.27. The lowest BCUT2D eigenvalue weighted by Gasteiger charge is -2.20. The molecule has 1 aromatic heterocycles. The largest absolute Gasteiger partial charge is 0.396 e. The molecule has 0 bridgehead atoms. The summed E-state index contributed by atoms with van der Waals surface area (Å²) in [6, 6.07) is 0.0666. The number of aliphatic hydroxyl groups is 1. The Hall–Kier alpha value is -1.51. The fourth-order valence-electron chi connectivity index (χ4n) is 2.43. The van der Waals surface area contributed by atoms with Crippen molar-refractivity contribution < 1.29 is 5.11 Å². The number of hydrogen-bond acceptors (Lipinski definition) is 4. The van der Waals surface area contributed by atoms with E-state index in [1.165, 1.54) is 10.9 Å². The fraction of sp³-hybridized carbons (Fsp3) is 0.538. The molecule has 2 N–H and O–H groups in total. The maximum Gasteiger partial charge on any atom is 0.292 e. The minimum atomic E-state index is -0.325. The van der Waals surface area contributed by atoms with Crippen LogP contribution in [0, 0.1) is 18.3 Å². The first kappa shape index (κ1) is 13.9. The topological polar surface area (TPSA) is 67.2 Å². The van der Waals surface area contributed by atoms with Crippen LogP contribution in [0.15, 0.2) is 11.0 Å². The number of aromatic nitrogens is 2. The van der Waals surface area contributed by atoms with Crippen LogP contribution in [0.25, 0.3) is 0 Å². The van der Waals surface area contributed by atoms with Gasteiger partial charge in [0.15, 0.2) is 0 Å². The molecule has 0 spiro atoms. The third-order valence-electron chi connectivity index (χ3n) is 3.46. The van der Waals surface area contributed by atoms with Gasteiger partial charge in [-0.05, 0) is 12.8 Å². The molecule has 1 aliphatic carbocycles. The zero-order valence-corrected chi connectivity index (χ0v) is 11.2. The van der Waals surface area contributed by atoms with Gasteiger partial charge >= 0.3 is 0 Å². The fourth-order valence-corrected chi connectivity index (χ4v) is 2.61. The molecule has 0 aromatic carbocycles. The van der Waals surface area contributed by atoms with Crippen LogP contribution in [0.1, 0.15) is 19.3 Å². The molecule has 19 heavy (non-hydrogen) atoms. The molecule has 102 valence electrons. The van der Waals surface area contributed by atoms with Gasteiger partial charge in [0.1, 0.15) is 12.2 Å². The van der Waals surface area contributed by atoms with Crippen LogP contribution in [0.3, 0.4) is 0 Å². The van der Waals surface area contributed by atoms with E-state index in [2.05, 4.69) is 16.3 Å². The van der Waals surface area contributed by atoms with Gasteiger partial charge in [-0.2, -0.15) is 5.10 Å². The number of hydrogen-bond donors (Lipinski definition) is 2. The predicted molar refractivity (Wildman–Crippen MR) is 74.2 cm³/mol. The molecular weight excluding hydrogens is 266 g/mol. The van der Waals surface area contributed by atoms with Gasteiger partial charge in [0, 0.05) is 18.6 Å². The van der Waals surface area contributed by atoms with Gasteiger partial charge in [-0.15, -0.1) is 6.42 Å². The Morgan fingerprint density at radius 3 is 3.11 bits per heavy atom. The highest BCUT2D eigenvalue weighted by Crippen LogP contribution is 2.29. The van der Waals surface area contributed by atoms with Crippen LogP contribution >= 0.6 is 11.6 Å². The maximum absolute atomic E-state index is 12.2. The normalized spacial score (nSPS) is 22.2. The van der Waals surface area contributed by atoms with Crippen LogP contribution in [-0.2, 0) is 6.54 Å². The molecular formula is C13H16ClN3O2. The summed E-state index contributed by atoms with van der Waals surface area (Å²) in [7, 11) is 0. The molecule has 1 heterocycles. The molecule has 1 aliphatic rings. The number of nitrogens with one attached hydrogen (secondary N) is 1. The first-order chi connectivity index (χ1) is 9.17. The molecule has 6 heteroatoms. The van der Waals surface area contributed by atoms with Crippen LogP contribution in [-0.4, -0.2) is 27.5 Å². The van der Waals surface area contributed by atoms with Crippen molar-refractivity contribution in [3.8, 4) is 12.3 Å². The average Bonchev–Trinajstić information content (AvgIpc) is 2.85. The Bertz CT molecular complexity index is 550. The number of nitrogens with zero attached hydrogens (tertiary/aromatic N) is 2. The van der Waals surface area contributed by atoms with Crippen molar-refractivity contribution in [2.24, 2.45) is 5.92 Å². The Morgan fingerprint density at radius 1 is 1.63 bits per heavy atom. The molecule has 1 aromatic rings. The summed E-state index contributed by atoms with van der Waals surface area (Å²) in [5.41, 5.74) is -0.00805. The number of rotatable bonds is 4. The smallest absolute Gasteiger partial charge is 0.292 e. The first-order valence-electron chi connectivity index (χ1n) is 6.24. The average molecular weight is 282 g/mol. The Morgan fingerprint density at radius 2 is 2.42 bits per heavy atom. The van der Waals surface area contributed by atoms with Crippen LogP contribution in [0.4, 0.5) is 5.69 Å². The van der Waals surface area contributed by atoms with Crippen molar-refractivity contribution >= 4 is 17.3 Å². The molecule has 0 radical (unpaired) electrons. The number of aliphatic hydroxyl groups excluding tert-OH is 1. The lowest BCUT2D eigenvalue weighted by atomic mass is 10.1. The van der Waals surface area contributed by atoms with Crippen LogP contribution in [0.2, 0.25) is 5.02 Å². The molecule has 0 amide bonds. The highest BCUT2D eigenvalue weighted by molar-refractivity contribution is 6.33. The molecule has 5 nitrogen and oxygen atoms in total. The SMILES string of the molecule is C#CCn1ncc(Cl)c(NC2CCCC2CO)c1=O. The van der Waals surface area contributed by atoms with Gasteiger partial charge in [0.25, 0.3) is 5.56 Å². The highest BCUT2D eigenvalue weighted by atomic mass is 35.5. The van der Waals surface area contributed by atoms with E-state index in [0.717, 1.165) is 19.3 Å². The van der Waals surface area contributed by atoms with Crippen molar-refractivity contribution in [1.29, 1.82) is 0 Å². The predicted octanol–water partition coefficient (Wildman–Crippen LogP) is 1.10. The third kappa shape index (κ3) is 2.91. The van der Waals surface area contributed by atoms with Crippen LogP contribution in [0.5, 0.6) is 0 Å². The van der Waals surface area contributed by atoms with Gasteiger partial charge in [0.2, 0.25) is 0 Å². The van der Waals surface area contributed by atoms with E-state index in [1.807, 2.05) is 0 Å². The second-order valence-electron chi connectivity index (χ2n) is 4.66. The number of halogens is 1. The van der Waals surface area contributed by atoms with E-state index >= 15 is 0 Å². The summed E-state index contributed by atoms with van der Waals surface area (Å²) in [6.45, 7) is 0.220. The molecule has 2 unspecified atom stereocenters. The van der Waals surface area contributed by atoms with E-state index in [1.54, 1.807) is 0 Å². The summed E-state index contributed by atoms with van der Waals surface area (Å²) in [6.07, 6.45) is 9.50. The quantitative estimate of drug-likeness (QED) is 0.811. The van der Waals surface area contributed by atoms with Gasteiger partial charge < -0.3 is 10.4 Å². The molecule has 0 aliphatic heterocycles. The second-order valence-corrected chi connectivity index (χ2v) is 5.07. The summed E-state index contributed by atoms with van der Waals surface area (Å²) >= 11 is 6.02. The van der Waals surface area contributed by atoms with Crippen LogP contribution < -0.4 is 10.9 Å². The number of terminal acetylenes is 1. The zero-order chi connectivity index (χ0) is 13.8. The van der Waals surface area contributed by atoms with Gasteiger partial charge in [0.05, 0.1) is 11.2 Å². The van der Waals surface area contributed by atoms with Crippen molar-refractivity contribution in [1.82, 2.24) is 9.78 Å². The Kier molecular flexibility index (Phi) is 4.46. The number of anilines is 1. The van der Waals surface area contributed by atoms with E-state index in [-0.39, 0.29) is 35.7 Å². The summed E-state index contributed by atoms with van der Waals surface area (Å²) in [5.74, 6) is 2.53. The Labute approximate surface area is 116 Å². The van der Waals surface area contributed by atoms with Crippen molar-refractivity contribution in [2.75, 3.05) is 11.9 Å². The van der Waals surface area contributed by atoms with Gasteiger partial charge in [-0.25, -0.2) is 4.68 Å². The highest BCUT2D eigenvalue weighted by Gasteiger charge is 2.27. The first-order valence-corrected chi connectivity index (χ1v) is 6.61. The lowest BCUT2D eigenvalue weighted by molar-refractivity contribution is 0.222. The van der Waals surface area contributed by atoms with E-state index in [4.69, 9.17) is 18.0 Å². The monoisotopic (exact) mass is 281 g/mol. The maximum atomic E-state index is 12.2. The summed E-state index contributed by atoms with van der Waals surface area (Å²) in [4.78, 5) is 12.2. The van der Waals surface area contributed by atoms with Crippen molar-refractivity contribution in [2.45, 2.75) is 31.8 Å². The van der Waals surface area contributed by atoms with Gasteiger partial charge in [-0.1, -0.05) is 23.9 Å². The summed E-state index contributed by atoms with van der Waals surface area (Å²) in [5, 5.41) is 16.6.